The second kappa shape index (κ2) is 5.58. The number of hydrogen-bond acceptors (Lipinski definition) is 3. The van der Waals surface area contributed by atoms with Crippen molar-refractivity contribution in [3.8, 4) is 0 Å². The summed E-state index contributed by atoms with van der Waals surface area (Å²) in [4.78, 5) is 0. The van der Waals surface area contributed by atoms with Gasteiger partial charge in [0, 0.05) is 18.7 Å². The lowest BCUT2D eigenvalue weighted by molar-refractivity contribution is 0.275. The summed E-state index contributed by atoms with van der Waals surface area (Å²) in [5, 5.41) is 12.2. The first-order valence-electron chi connectivity index (χ1n) is 5.39. The minimum absolute atomic E-state index is 0.232. The highest BCUT2D eigenvalue weighted by molar-refractivity contribution is 4.93. The van der Waals surface area contributed by atoms with E-state index < -0.39 is 0 Å². The number of aliphatic hydroxyl groups is 1. The third-order valence-electron chi connectivity index (χ3n) is 3.04. The lowest BCUT2D eigenvalue weighted by Crippen LogP contribution is -2.49. The molecule has 0 saturated heterocycles. The minimum atomic E-state index is 0.232. The Morgan fingerprint density at radius 2 is 1.92 bits per heavy atom. The van der Waals surface area contributed by atoms with Crippen molar-refractivity contribution in [1.29, 1.82) is 0 Å². The summed E-state index contributed by atoms with van der Waals surface area (Å²) in [6.07, 6.45) is 7.02. The minimum Gasteiger partial charge on any atom is -0.396 e. The van der Waals surface area contributed by atoms with Gasteiger partial charge in [0.25, 0.3) is 0 Å². The lowest BCUT2D eigenvalue weighted by Gasteiger charge is -2.28. The van der Waals surface area contributed by atoms with Crippen LogP contribution in [0.15, 0.2) is 0 Å². The topological polar surface area (TPSA) is 58.3 Å². The van der Waals surface area contributed by atoms with Crippen molar-refractivity contribution in [1.82, 2.24) is 5.32 Å². The van der Waals surface area contributed by atoms with Gasteiger partial charge in [0.1, 0.15) is 0 Å². The van der Waals surface area contributed by atoms with Crippen LogP contribution in [-0.4, -0.2) is 30.3 Å². The molecule has 1 aliphatic rings. The smallest absolute Gasteiger partial charge is 0.0431 e. The highest BCUT2D eigenvalue weighted by atomic mass is 16.2. The van der Waals surface area contributed by atoms with E-state index in [1.165, 1.54) is 25.7 Å². The Morgan fingerprint density at radius 1 is 1.23 bits per heavy atom. The largest absolute Gasteiger partial charge is 0.396 e. The van der Waals surface area contributed by atoms with Gasteiger partial charge in [-0.2, -0.15) is 0 Å². The van der Waals surface area contributed by atoms with Gasteiger partial charge >= 0.3 is 0 Å². The Balaban J connectivity index is 2.16. The molecule has 1 fully saturated rings. The van der Waals surface area contributed by atoms with E-state index in [0.717, 1.165) is 25.9 Å². The van der Waals surface area contributed by atoms with Crippen LogP contribution >= 0.6 is 0 Å². The van der Waals surface area contributed by atoms with Gasteiger partial charge in [-0.3, -0.25) is 0 Å². The van der Waals surface area contributed by atoms with E-state index in [9.17, 15) is 0 Å². The Kier molecular flexibility index (Phi) is 4.70. The zero-order valence-electron chi connectivity index (χ0n) is 8.39. The van der Waals surface area contributed by atoms with Crippen LogP contribution in [0.4, 0.5) is 0 Å². The molecule has 0 heterocycles. The fraction of sp³-hybridized carbons (Fsp3) is 1.00. The van der Waals surface area contributed by atoms with Gasteiger partial charge in [-0.05, 0) is 32.2 Å². The third kappa shape index (κ3) is 3.25. The quantitative estimate of drug-likeness (QED) is 0.533. The average Bonchev–Trinajstić information content (AvgIpc) is 2.62. The molecular weight excluding hydrogens is 164 g/mol. The molecule has 0 spiro atoms. The third-order valence-corrected chi connectivity index (χ3v) is 3.04. The summed E-state index contributed by atoms with van der Waals surface area (Å²) in [6.45, 7) is 2.06. The monoisotopic (exact) mass is 186 g/mol. The fourth-order valence-electron chi connectivity index (χ4n) is 2.10. The van der Waals surface area contributed by atoms with Crippen LogP contribution in [0.25, 0.3) is 0 Å². The van der Waals surface area contributed by atoms with Gasteiger partial charge in [-0.1, -0.05) is 12.8 Å². The SMILES string of the molecule is NCC1(NCCCCO)CCCC1. The van der Waals surface area contributed by atoms with Gasteiger partial charge in [0.15, 0.2) is 0 Å². The maximum atomic E-state index is 8.63. The normalized spacial score (nSPS) is 20.8. The Hall–Kier alpha value is -0.120. The molecule has 0 aromatic carbocycles. The molecule has 0 atom stereocenters. The van der Waals surface area contributed by atoms with Crippen molar-refractivity contribution in [2.45, 2.75) is 44.1 Å². The molecule has 0 aromatic rings. The second-order valence-corrected chi connectivity index (χ2v) is 4.05. The van der Waals surface area contributed by atoms with E-state index in [4.69, 9.17) is 10.8 Å². The first kappa shape index (κ1) is 11.0. The first-order valence-corrected chi connectivity index (χ1v) is 5.39. The summed E-state index contributed by atoms with van der Waals surface area (Å²) in [5.74, 6) is 0. The standard InChI is InChI=1S/C10H22N2O/c11-9-10(5-1-2-6-10)12-7-3-4-8-13/h12-13H,1-9,11H2. The number of aliphatic hydroxyl groups excluding tert-OH is 1. The van der Waals surface area contributed by atoms with Gasteiger partial charge in [0.2, 0.25) is 0 Å². The fourth-order valence-corrected chi connectivity index (χ4v) is 2.10. The van der Waals surface area contributed by atoms with E-state index in [-0.39, 0.29) is 5.54 Å². The van der Waals surface area contributed by atoms with Crippen molar-refractivity contribution in [3.05, 3.63) is 0 Å². The van der Waals surface area contributed by atoms with Crippen LogP contribution in [0, 0.1) is 0 Å². The van der Waals surface area contributed by atoms with Gasteiger partial charge < -0.3 is 16.2 Å². The molecule has 3 nitrogen and oxygen atoms in total. The number of rotatable bonds is 6. The summed E-state index contributed by atoms with van der Waals surface area (Å²) in [7, 11) is 0. The summed E-state index contributed by atoms with van der Waals surface area (Å²) >= 11 is 0. The van der Waals surface area contributed by atoms with Crippen molar-refractivity contribution in [3.63, 3.8) is 0 Å². The molecule has 0 bridgehead atoms. The summed E-state index contributed by atoms with van der Waals surface area (Å²) in [5.41, 5.74) is 6.00. The number of nitrogens with one attached hydrogen (secondary N) is 1. The van der Waals surface area contributed by atoms with Crippen molar-refractivity contribution in [2.24, 2.45) is 5.73 Å². The van der Waals surface area contributed by atoms with Crippen molar-refractivity contribution < 1.29 is 5.11 Å². The number of unbranched alkanes of at least 4 members (excludes halogenated alkanes) is 1. The summed E-state index contributed by atoms with van der Waals surface area (Å²) < 4.78 is 0. The van der Waals surface area contributed by atoms with Crippen LogP contribution in [-0.2, 0) is 0 Å². The maximum absolute atomic E-state index is 8.63. The highest BCUT2D eigenvalue weighted by Gasteiger charge is 2.31. The van der Waals surface area contributed by atoms with Crippen LogP contribution < -0.4 is 11.1 Å². The maximum Gasteiger partial charge on any atom is 0.0431 e. The van der Waals surface area contributed by atoms with Gasteiger partial charge in [-0.15, -0.1) is 0 Å². The molecule has 4 N–H and O–H groups in total. The predicted octanol–water partition coefficient (Wildman–Crippen LogP) is 0.620. The Bertz CT molecular complexity index is 133. The van der Waals surface area contributed by atoms with E-state index in [1.807, 2.05) is 0 Å². The molecule has 0 aliphatic heterocycles. The predicted molar refractivity (Wildman–Crippen MR) is 54.6 cm³/mol. The molecule has 1 rings (SSSR count). The Morgan fingerprint density at radius 3 is 2.46 bits per heavy atom. The molecule has 78 valence electrons. The van der Waals surface area contributed by atoms with Crippen LogP contribution in [0.2, 0.25) is 0 Å². The molecular formula is C10H22N2O. The summed E-state index contributed by atoms with van der Waals surface area (Å²) in [6, 6.07) is 0. The molecule has 1 saturated carbocycles. The molecule has 3 heteroatoms. The second-order valence-electron chi connectivity index (χ2n) is 4.05. The molecule has 0 unspecified atom stereocenters. The van der Waals surface area contributed by atoms with Crippen molar-refractivity contribution in [2.75, 3.05) is 19.7 Å². The van der Waals surface area contributed by atoms with Crippen molar-refractivity contribution >= 4 is 0 Å². The molecule has 0 radical (unpaired) electrons. The van der Waals surface area contributed by atoms with E-state index in [1.54, 1.807) is 0 Å². The van der Waals surface area contributed by atoms with Gasteiger partial charge in [0.05, 0.1) is 0 Å². The zero-order chi connectivity index (χ0) is 9.57. The van der Waals surface area contributed by atoms with E-state index in [0.29, 0.717) is 6.61 Å². The average molecular weight is 186 g/mol. The first-order chi connectivity index (χ1) is 6.33. The lowest BCUT2D eigenvalue weighted by atomic mass is 9.98. The molecule has 1 aliphatic carbocycles. The van der Waals surface area contributed by atoms with E-state index in [2.05, 4.69) is 5.32 Å². The van der Waals surface area contributed by atoms with Crippen LogP contribution in [0.1, 0.15) is 38.5 Å². The van der Waals surface area contributed by atoms with E-state index >= 15 is 0 Å². The van der Waals surface area contributed by atoms with Crippen LogP contribution in [0.5, 0.6) is 0 Å². The zero-order valence-corrected chi connectivity index (χ0v) is 8.39. The molecule has 0 aromatic heterocycles. The van der Waals surface area contributed by atoms with Crippen LogP contribution in [0.3, 0.4) is 0 Å². The number of nitrogens with two attached hydrogens (primary N) is 1. The number of hydrogen-bond donors (Lipinski definition) is 3. The molecule has 13 heavy (non-hydrogen) atoms. The molecule has 0 amide bonds. The Labute approximate surface area is 80.7 Å². The highest BCUT2D eigenvalue weighted by Crippen LogP contribution is 2.28. The van der Waals surface area contributed by atoms with Gasteiger partial charge in [-0.25, -0.2) is 0 Å².